The van der Waals surface area contributed by atoms with E-state index in [1.807, 2.05) is 11.4 Å². The van der Waals surface area contributed by atoms with Crippen LogP contribution in [0.4, 0.5) is 29.3 Å². The Morgan fingerprint density at radius 1 is 1.23 bits per heavy atom. The van der Waals surface area contributed by atoms with Gasteiger partial charge in [-0.2, -0.15) is 24.9 Å². The zero-order valence-corrected chi connectivity index (χ0v) is 18.1. The number of piperazine rings is 1. The largest absolute Gasteiger partial charge is 0.416 e. The van der Waals surface area contributed by atoms with E-state index >= 15 is 0 Å². The Hall–Kier alpha value is -2.47. The second kappa shape index (κ2) is 10.2. The number of anilines is 1. The van der Waals surface area contributed by atoms with Gasteiger partial charge in [-0.3, -0.25) is 10.1 Å². The first-order valence-electron chi connectivity index (χ1n) is 9.49. The van der Waals surface area contributed by atoms with Crippen LogP contribution < -0.4 is 10.2 Å². The predicted molar refractivity (Wildman–Crippen MR) is 116 cm³/mol. The van der Waals surface area contributed by atoms with Gasteiger partial charge in [0, 0.05) is 55.2 Å². The van der Waals surface area contributed by atoms with E-state index in [-0.39, 0.29) is 11.7 Å². The average molecular weight is 475 g/mol. The van der Waals surface area contributed by atoms with Crippen LogP contribution in [-0.4, -0.2) is 54.3 Å². The quantitative estimate of drug-likeness (QED) is 0.365. The lowest BCUT2D eigenvalue weighted by Gasteiger charge is -2.35. The third-order valence-electron chi connectivity index (χ3n) is 4.75. The van der Waals surface area contributed by atoms with Crippen LogP contribution >= 0.6 is 23.1 Å². The van der Waals surface area contributed by atoms with Crippen LogP contribution in [0.15, 0.2) is 35.7 Å². The number of nitrogens with zero attached hydrogens (tertiary/aromatic N) is 3. The molecule has 0 aliphatic carbocycles. The van der Waals surface area contributed by atoms with Crippen molar-refractivity contribution in [2.24, 2.45) is 0 Å². The number of amides is 2. The summed E-state index contributed by atoms with van der Waals surface area (Å²) in [4.78, 5) is 27.3. The van der Waals surface area contributed by atoms with Crippen molar-refractivity contribution in [2.45, 2.75) is 11.9 Å². The Bertz CT molecular complexity index is 901. The molecule has 12 heteroatoms. The van der Waals surface area contributed by atoms with Gasteiger partial charge in [0.05, 0.1) is 10.5 Å². The van der Waals surface area contributed by atoms with E-state index in [4.69, 9.17) is 0 Å². The van der Waals surface area contributed by atoms with Crippen molar-refractivity contribution in [1.29, 1.82) is 0 Å². The lowest BCUT2D eigenvalue weighted by Crippen LogP contribution is -2.52. The monoisotopic (exact) mass is 474 g/mol. The number of thiophene rings is 1. The van der Waals surface area contributed by atoms with Crippen molar-refractivity contribution in [3.63, 3.8) is 0 Å². The van der Waals surface area contributed by atoms with E-state index in [0.717, 1.165) is 23.6 Å². The van der Waals surface area contributed by atoms with Gasteiger partial charge in [-0.15, -0.1) is 11.3 Å². The Kier molecular flexibility index (Phi) is 7.65. The Morgan fingerprint density at radius 2 is 1.97 bits per heavy atom. The third-order valence-corrected chi connectivity index (χ3v) is 6.82. The van der Waals surface area contributed by atoms with Crippen molar-refractivity contribution < 1.29 is 22.9 Å². The molecule has 0 radical (unpaired) electrons. The fourth-order valence-electron chi connectivity index (χ4n) is 3.17. The first-order valence-corrected chi connectivity index (χ1v) is 11.5. The molecule has 0 unspecified atom stereocenters. The summed E-state index contributed by atoms with van der Waals surface area (Å²) in [5.74, 6) is 1.68. The minimum atomic E-state index is -4.65. The summed E-state index contributed by atoms with van der Waals surface area (Å²) in [7, 11) is 0. The number of nitro groups is 1. The molecule has 0 spiro atoms. The molecule has 31 heavy (non-hydrogen) atoms. The molecule has 2 aromatic rings. The van der Waals surface area contributed by atoms with Crippen molar-refractivity contribution in [3.8, 4) is 0 Å². The Balaban J connectivity index is 1.48. The summed E-state index contributed by atoms with van der Waals surface area (Å²) in [5, 5.41) is 16.2. The highest BCUT2D eigenvalue weighted by atomic mass is 32.2. The number of alkyl halides is 3. The van der Waals surface area contributed by atoms with Crippen molar-refractivity contribution in [3.05, 3.63) is 56.3 Å². The van der Waals surface area contributed by atoms with Crippen LogP contribution in [-0.2, 0) is 11.9 Å². The lowest BCUT2D eigenvalue weighted by atomic mass is 10.1. The van der Waals surface area contributed by atoms with Gasteiger partial charge in [-0.25, -0.2) is 4.79 Å². The van der Waals surface area contributed by atoms with Gasteiger partial charge in [0.1, 0.15) is 5.69 Å². The molecule has 2 amide bonds. The maximum absolute atomic E-state index is 12.9. The van der Waals surface area contributed by atoms with Gasteiger partial charge < -0.3 is 15.1 Å². The number of urea groups is 1. The number of carbonyl (C=O) groups is 1. The second-order valence-electron chi connectivity index (χ2n) is 6.80. The molecule has 3 rings (SSSR count). The van der Waals surface area contributed by atoms with Gasteiger partial charge >= 0.3 is 12.2 Å². The van der Waals surface area contributed by atoms with Gasteiger partial charge in [0.25, 0.3) is 5.69 Å². The van der Waals surface area contributed by atoms with Gasteiger partial charge in [0.2, 0.25) is 0 Å². The lowest BCUT2D eigenvalue weighted by molar-refractivity contribution is -0.384. The zero-order valence-electron chi connectivity index (χ0n) is 16.4. The molecule has 1 aliphatic rings. The van der Waals surface area contributed by atoms with E-state index < -0.39 is 22.4 Å². The summed E-state index contributed by atoms with van der Waals surface area (Å²) in [6.07, 6.45) is -4.65. The Morgan fingerprint density at radius 3 is 2.58 bits per heavy atom. The molecule has 1 aromatic carbocycles. The molecule has 0 saturated carbocycles. The molecule has 1 fully saturated rings. The van der Waals surface area contributed by atoms with Crippen LogP contribution in [0.2, 0.25) is 0 Å². The fourth-order valence-corrected chi connectivity index (χ4v) is 4.87. The molecule has 2 heterocycles. The van der Waals surface area contributed by atoms with Crippen LogP contribution in [0, 0.1) is 10.1 Å². The summed E-state index contributed by atoms with van der Waals surface area (Å²) in [6.45, 7) is 1.78. The topological polar surface area (TPSA) is 78.7 Å². The number of thioether (sulfide) groups is 1. The molecule has 1 aromatic heterocycles. The third kappa shape index (κ3) is 6.26. The van der Waals surface area contributed by atoms with Crippen molar-refractivity contribution in [2.75, 3.05) is 43.4 Å². The summed E-state index contributed by atoms with van der Waals surface area (Å²) >= 11 is 3.42. The van der Waals surface area contributed by atoms with Gasteiger partial charge in [0.15, 0.2) is 0 Å². The van der Waals surface area contributed by atoms with Crippen LogP contribution in [0.25, 0.3) is 0 Å². The van der Waals surface area contributed by atoms with E-state index in [1.165, 1.54) is 4.88 Å². The van der Waals surface area contributed by atoms with E-state index in [0.29, 0.717) is 38.8 Å². The first-order chi connectivity index (χ1) is 14.8. The number of rotatable bonds is 7. The van der Waals surface area contributed by atoms with Gasteiger partial charge in [-0.05, 0) is 23.6 Å². The second-order valence-corrected chi connectivity index (χ2v) is 8.93. The number of carbonyl (C=O) groups excluding carboxylic acids is 1. The van der Waals surface area contributed by atoms with E-state index in [1.54, 1.807) is 32.9 Å². The number of hydrogen-bond acceptors (Lipinski definition) is 6. The number of nitrogens with one attached hydrogen (secondary N) is 1. The number of halogens is 3. The average Bonchev–Trinajstić information content (AvgIpc) is 3.26. The summed E-state index contributed by atoms with van der Waals surface area (Å²) in [5.41, 5.74) is -1.52. The number of hydrogen-bond donors (Lipinski definition) is 1. The van der Waals surface area contributed by atoms with Crippen LogP contribution in [0.3, 0.4) is 0 Å². The highest BCUT2D eigenvalue weighted by Gasteiger charge is 2.34. The number of benzene rings is 1. The Labute approximate surface area is 185 Å². The van der Waals surface area contributed by atoms with Crippen molar-refractivity contribution in [1.82, 2.24) is 10.2 Å². The summed E-state index contributed by atoms with van der Waals surface area (Å²) < 4.78 is 38.6. The molecule has 168 valence electrons. The first kappa shape index (κ1) is 23.2. The maximum Gasteiger partial charge on any atom is 0.416 e. The SMILES string of the molecule is O=C(NCCSCc1cccs1)N1CCN(c2ccc(C(F)(F)F)cc2[N+](=O)[O-])CC1. The molecule has 1 N–H and O–H groups in total. The highest BCUT2D eigenvalue weighted by molar-refractivity contribution is 7.98. The van der Waals surface area contributed by atoms with Crippen molar-refractivity contribution >= 4 is 40.5 Å². The van der Waals surface area contributed by atoms with E-state index in [2.05, 4.69) is 11.4 Å². The molecule has 7 nitrogen and oxygen atoms in total. The molecule has 0 atom stereocenters. The standard InChI is InChI=1S/C19H21F3N4O3S2/c20-19(21,22)14-3-4-16(17(12-14)26(28)29)24-6-8-25(9-7-24)18(27)23-5-11-30-13-15-2-1-10-31-15/h1-4,10,12H,5-9,11,13H2,(H,23,27). The minimum Gasteiger partial charge on any atom is -0.362 e. The van der Waals surface area contributed by atoms with Gasteiger partial charge in [-0.1, -0.05) is 6.07 Å². The summed E-state index contributed by atoms with van der Waals surface area (Å²) in [6, 6.07) is 6.38. The molecular formula is C19H21F3N4O3S2. The van der Waals surface area contributed by atoms with E-state index in [9.17, 15) is 28.1 Å². The molecule has 0 bridgehead atoms. The molecular weight excluding hydrogens is 453 g/mol. The smallest absolute Gasteiger partial charge is 0.362 e. The molecule has 1 aliphatic heterocycles. The zero-order chi connectivity index (χ0) is 22.4. The van der Waals surface area contributed by atoms with Crippen LogP contribution in [0.1, 0.15) is 10.4 Å². The highest BCUT2D eigenvalue weighted by Crippen LogP contribution is 2.36. The predicted octanol–water partition coefficient (Wildman–Crippen LogP) is 4.44. The fraction of sp³-hybridized carbons (Fsp3) is 0.421. The normalized spacial score (nSPS) is 14.5. The minimum absolute atomic E-state index is 0.128. The maximum atomic E-state index is 12.9. The molecule has 1 saturated heterocycles. The number of nitro benzene ring substituents is 1. The van der Waals surface area contributed by atoms with Crippen LogP contribution in [0.5, 0.6) is 0 Å².